The van der Waals surface area contributed by atoms with Crippen LogP contribution in [0.1, 0.15) is 65.3 Å². The molecule has 1 aromatic carbocycles. The third-order valence-corrected chi connectivity index (χ3v) is 6.44. The number of nitrogens with zero attached hydrogens (tertiary/aromatic N) is 3. The topological polar surface area (TPSA) is 81.3 Å². The summed E-state index contributed by atoms with van der Waals surface area (Å²) >= 11 is 6.54. The maximum Gasteiger partial charge on any atom is 0.255 e. The molecule has 0 atom stereocenters. The lowest BCUT2D eigenvalue weighted by molar-refractivity contribution is 0.0690. The first kappa shape index (κ1) is 20.2. The van der Waals surface area contributed by atoms with Gasteiger partial charge in [0.15, 0.2) is 0 Å². The van der Waals surface area contributed by atoms with Gasteiger partial charge in [-0.05, 0) is 56.0 Å². The fourth-order valence-electron chi connectivity index (χ4n) is 4.15. The first-order chi connectivity index (χ1) is 14.9. The summed E-state index contributed by atoms with van der Waals surface area (Å²) in [5.41, 5.74) is 11.3. The second-order valence-electron chi connectivity index (χ2n) is 8.69. The molecule has 2 N–H and O–H groups in total. The number of aromatic nitrogens is 2. The summed E-state index contributed by atoms with van der Waals surface area (Å²) < 4.78 is 5.57. The maximum atomic E-state index is 13.6. The number of rotatable bonds is 5. The summed E-state index contributed by atoms with van der Waals surface area (Å²) in [6.07, 6.45) is 4.33. The van der Waals surface area contributed by atoms with E-state index < -0.39 is 0 Å². The number of anilines is 1. The standard InChI is InChI=1S/C24H25ClN4O2/c1-13(2)29(10-14-3-6-21(27-9-14)15-4-5-15)24(30)17-7-16-18-11-31-12-19(18)23(26)28-22(16)8-20(17)25/h3,6-9,13,15H,4-5,10-12H2,1-2H3,(H2,26,28). The highest BCUT2D eigenvalue weighted by molar-refractivity contribution is 6.34. The van der Waals surface area contributed by atoms with Crippen molar-refractivity contribution in [1.82, 2.24) is 14.9 Å². The molecule has 1 aliphatic heterocycles. The summed E-state index contributed by atoms with van der Waals surface area (Å²) in [6.45, 7) is 5.39. The van der Waals surface area contributed by atoms with Gasteiger partial charge < -0.3 is 15.4 Å². The number of benzene rings is 1. The Bertz CT molecular complexity index is 1170. The Morgan fingerprint density at radius 2 is 2.03 bits per heavy atom. The molecule has 3 heterocycles. The molecular weight excluding hydrogens is 412 g/mol. The third-order valence-electron chi connectivity index (χ3n) is 6.13. The predicted octanol–water partition coefficient (Wildman–Crippen LogP) is 4.82. The van der Waals surface area contributed by atoms with Crippen LogP contribution in [0.3, 0.4) is 0 Å². The SMILES string of the molecule is CC(C)N(Cc1ccc(C2CC2)nc1)C(=O)c1cc2c3c(c(N)nc2cc1Cl)COC3. The largest absolute Gasteiger partial charge is 0.383 e. The monoisotopic (exact) mass is 436 g/mol. The van der Waals surface area contributed by atoms with Crippen molar-refractivity contribution in [2.24, 2.45) is 0 Å². The highest BCUT2D eigenvalue weighted by Gasteiger charge is 2.27. The summed E-state index contributed by atoms with van der Waals surface area (Å²) in [5, 5.41) is 1.24. The van der Waals surface area contributed by atoms with Crippen molar-refractivity contribution in [2.45, 2.75) is 58.4 Å². The molecule has 3 aromatic rings. The van der Waals surface area contributed by atoms with Crippen LogP contribution in [0, 0.1) is 0 Å². The molecule has 0 unspecified atom stereocenters. The van der Waals surface area contributed by atoms with Crippen molar-refractivity contribution in [2.75, 3.05) is 5.73 Å². The lowest BCUT2D eigenvalue weighted by Gasteiger charge is -2.27. The summed E-state index contributed by atoms with van der Waals surface area (Å²) in [7, 11) is 0. The molecule has 2 aliphatic rings. The molecular formula is C24H25ClN4O2. The number of nitrogens with two attached hydrogens (primary N) is 1. The zero-order valence-electron chi connectivity index (χ0n) is 17.7. The summed E-state index contributed by atoms with van der Waals surface area (Å²) in [4.78, 5) is 24.4. The van der Waals surface area contributed by atoms with E-state index in [-0.39, 0.29) is 11.9 Å². The van der Waals surface area contributed by atoms with Gasteiger partial charge in [-0.15, -0.1) is 0 Å². The quantitative estimate of drug-likeness (QED) is 0.619. The Labute approximate surface area is 186 Å². The Morgan fingerprint density at radius 1 is 1.26 bits per heavy atom. The van der Waals surface area contributed by atoms with E-state index in [1.807, 2.05) is 31.0 Å². The van der Waals surface area contributed by atoms with Crippen LogP contribution in [0.25, 0.3) is 10.9 Å². The van der Waals surface area contributed by atoms with Gasteiger partial charge >= 0.3 is 0 Å². The van der Waals surface area contributed by atoms with Crippen molar-refractivity contribution < 1.29 is 9.53 Å². The van der Waals surface area contributed by atoms with Crippen LogP contribution >= 0.6 is 11.6 Å². The highest BCUT2D eigenvalue weighted by Crippen LogP contribution is 2.39. The zero-order chi connectivity index (χ0) is 21.7. The van der Waals surface area contributed by atoms with Crippen LogP contribution in [0.5, 0.6) is 0 Å². The average molecular weight is 437 g/mol. The molecule has 5 rings (SSSR count). The molecule has 160 valence electrons. The van der Waals surface area contributed by atoms with Crippen LogP contribution in [-0.4, -0.2) is 26.8 Å². The molecule has 1 fully saturated rings. The molecule has 31 heavy (non-hydrogen) atoms. The lowest BCUT2D eigenvalue weighted by atomic mass is 10.0. The Hall–Kier alpha value is -2.70. The minimum absolute atomic E-state index is 0.000892. The van der Waals surface area contributed by atoms with Crippen LogP contribution in [0.2, 0.25) is 5.02 Å². The maximum absolute atomic E-state index is 13.6. The van der Waals surface area contributed by atoms with Crippen LogP contribution < -0.4 is 5.73 Å². The Kier molecular flexibility index (Phi) is 5.07. The van der Waals surface area contributed by atoms with Crippen LogP contribution in [-0.2, 0) is 24.5 Å². The van der Waals surface area contributed by atoms with E-state index >= 15 is 0 Å². The van der Waals surface area contributed by atoms with E-state index in [1.54, 1.807) is 6.07 Å². The molecule has 1 aliphatic carbocycles. The molecule has 6 nitrogen and oxygen atoms in total. The van der Waals surface area contributed by atoms with Gasteiger partial charge in [-0.25, -0.2) is 4.98 Å². The van der Waals surface area contributed by atoms with Crippen molar-refractivity contribution in [3.05, 3.63) is 63.4 Å². The second-order valence-corrected chi connectivity index (χ2v) is 9.10. The predicted molar refractivity (Wildman–Crippen MR) is 121 cm³/mol. The second kappa shape index (κ2) is 7.77. The van der Waals surface area contributed by atoms with Gasteiger partial charge in [0.25, 0.3) is 5.91 Å². The van der Waals surface area contributed by atoms with E-state index in [4.69, 9.17) is 22.1 Å². The number of nitrogen functional groups attached to an aromatic ring is 1. The van der Waals surface area contributed by atoms with E-state index in [2.05, 4.69) is 22.1 Å². The number of hydrogen-bond acceptors (Lipinski definition) is 5. The molecule has 0 radical (unpaired) electrons. The Morgan fingerprint density at radius 3 is 2.71 bits per heavy atom. The molecule has 1 saturated carbocycles. The van der Waals surface area contributed by atoms with Gasteiger partial charge in [0.2, 0.25) is 0 Å². The molecule has 0 spiro atoms. The van der Waals surface area contributed by atoms with Gasteiger partial charge in [-0.2, -0.15) is 0 Å². The number of amides is 1. The highest BCUT2D eigenvalue weighted by atomic mass is 35.5. The third kappa shape index (κ3) is 3.75. The minimum atomic E-state index is -0.113. The minimum Gasteiger partial charge on any atom is -0.383 e. The Balaban J connectivity index is 1.49. The number of pyridine rings is 2. The van der Waals surface area contributed by atoms with Gasteiger partial charge in [0, 0.05) is 41.3 Å². The van der Waals surface area contributed by atoms with Gasteiger partial charge in [-0.1, -0.05) is 17.7 Å². The molecule has 7 heteroatoms. The number of halogens is 1. The lowest BCUT2D eigenvalue weighted by Crippen LogP contribution is -2.36. The average Bonchev–Trinajstić information content (AvgIpc) is 3.47. The molecule has 0 bridgehead atoms. The first-order valence-corrected chi connectivity index (χ1v) is 11.0. The summed E-state index contributed by atoms with van der Waals surface area (Å²) in [5.74, 6) is 0.959. The number of carbonyl (C=O) groups excluding carboxylic acids is 1. The first-order valence-electron chi connectivity index (χ1n) is 10.7. The zero-order valence-corrected chi connectivity index (χ0v) is 18.4. The smallest absolute Gasteiger partial charge is 0.255 e. The van der Waals surface area contributed by atoms with Gasteiger partial charge in [-0.3, -0.25) is 9.78 Å². The fraction of sp³-hybridized carbons (Fsp3) is 0.375. The van der Waals surface area contributed by atoms with Crippen molar-refractivity contribution in [1.29, 1.82) is 0 Å². The molecule has 1 amide bonds. The van der Waals surface area contributed by atoms with Crippen LogP contribution in [0.4, 0.5) is 5.82 Å². The van der Waals surface area contributed by atoms with Gasteiger partial charge in [0.1, 0.15) is 5.82 Å². The van der Waals surface area contributed by atoms with E-state index in [0.29, 0.717) is 47.6 Å². The molecule has 0 saturated heterocycles. The number of carbonyl (C=O) groups is 1. The number of fused-ring (bicyclic) bond motifs is 3. The van der Waals surface area contributed by atoms with Crippen molar-refractivity contribution in [3.8, 4) is 0 Å². The fourth-order valence-corrected chi connectivity index (χ4v) is 4.39. The van der Waals surface area contributed by atoms with Crippen molar-refractivity contribution >= 4 is 34.2 Å². The normalized spacial score (nSPS) is 15.5. The molecule has 2 aromatic heterocycles. The van der Waals surface area contributed by atoms with E-state index in [0.717, 1.165) is 27.8 Å². The van der Waals surface area contributed by atoms with E-state index in [9.17, 15) is 4.79 Å². The van der Waals surface area contributed by atoms with Crippen molar-refractivity contribution in [3.63, 3.8) is 0 Å². The number of ether oxygens (including phenoxy) is 1. The number of hydrogen-bond donors (Lipinski definition) is 1. The van der Waals surface area contributed by atoms with E-state index in [1.165, 1.54) is 12.8 Å². The summed E-state index contributed by atoms with van der Waals surface area (Å²) in [6, 6.07) is 7.72. The van der Waals surface area contributed by atoms with Gasteiger partial charge in [0.05, 0.1) is 29.3 Å². The van der Waals surface area contributed by atoms with Crippen LogP contribution in [0.15, 0.2) is 30.5 Å².